The van der Waals surface area contributed by atoms with E-state index >= 15 is 4.39 Å². The minimum atomic E-state index is -0.452. The highest BCUT2D eigenvalue weighted by molar-refractivity contribution is 6.36. The molecule has 3 heterocycles. The lowest BCUT2D eigenvalue weighted by molar-refractivity contribution is -0.126. The molecule has 1 aliphatic carbocycles. The van der Waals surface area contributed by atoms with Crippen molar-refractivity contribution in [3.63, 3.8) is 0 Å². The molecule has 14 heteroatoms. The van der Waals surface area contributed by atoms with Crippen molar-refractivity contribution < 1.29 is 14.0 Å². The van der Waals surface area contributed by atoms with Crippen molar-refractivity contribution in [1.29, 1.82) is 0 Å². The van der Waals surface area contributed by atoms with Crippen LogP contribution in [0.2, 0.25) is 5.02 Å². The Balaban J connectivity index is 0.755. The van der Waals surface area contributed by atoms with Crippen molar-refractivity contribution in [2.24, 2.45) is 26.4 Å². The van der Waals surface area contributed by atoms with Gasteiger partial charge in [-0.05, 0) is 92.2 Å². The highest BCUT2D eigenvalue weighted by Gasteiger charge is 2.38. The van der Waals surface area contributed by atoms with Crippen LogP contribution in [0.25, 0.3) is 5.70 Å². The molecule has 1 unspecified atom stereocenters. The van der Waals surface area contributed by atoms with Crippen LogP contribution in [0.4, 0.5) is 10.1 Å². The summed E-state index contributed by atoms with van der Waals surface area (Å²) in [6.07, 6.45) is 20.8. The fraction of sp³-hybridized carbons (Fsp3) is 0.364. The van der Waals surface area contributed by atoms with Gasteiger partial charge in [-0.3, -0.25) is 14.6 Å². The lowest BCUT2D eigenvalue weighted by Crippen LogP contribution is -2.49. The molecule has 3 aromatic rings. The van der Waals surface area contributed by atoms with Gasteiger partial charge < -0.3 is 32.3 Å². The Kier molecular flexibility index (Phi) is 18.4. The molecule has 0 bridgehead atoms. The van der Waals surface area contributed by atoms with E-state index in [-0.39, 0.29) is 24.2 Å². The van der Waals surface area contributed by atoms with E-state index in [1.165, 1.54) is 57.7 Å². The average molecular weight is 948 g/mol. The van der Waals surface area contributed by atoms with Gasteiger partial charge in [0.25, 0.3) is 5.91 Å². The Morgan fingerprint density at radius 3 is 2.43 bits per heavy atom. The second-order valence-electron chi connectivity index (χ2n) is 18.0. The van der Waals surface area contributed by atoms with Gasteiger partial charge >= 0.3 is 0 Å². The van der Waals surface area contributed by atoms with Gasteiger partial charge in [0.1, 0.15) is 19.7 Å². The second-order valence-corrected chi connectivity index (χ2v) is 18.4. The van der Waals surface area contributed by atoms with Crippen LogP contribution in [0.5, 0.6) is 0 Å². The number of benzene rings is 3. The van der Waals surface area contributed by atoms with Crippen LogP contribution in [0, 0.1) is 11.8 Å². The number of unbranched alkanes of at least 4 members (excludes halogenated alkanes) is 8. The molecule has 0 aromatic heterocycles. The van der Waals surface area contributed by atoms with Gasteiger partial charge in [-0.2, -0.15) is 0 Å². The Hall–Kier alpha value is -6.49. The Morgan fingerprint density at radius 1 is 0.957 bits per heavy atom. The Morgan fingerprint density at radius 2 is 1.70 bits per heavy atom. The molecule has 3 aliphatic heterocycles. The first-order valence-electron chi connectivity index (χ1n) is 24.4. The van der Waals surface area contributed by atoms with Crippen molar-refractivity contribution in [3.05, 3.63) is 152 Å². The molecule has 11 nitrogen and oxygen atoms in total. The van der Waals surface area contributed by atoms with E-state index in [0.717, 1.165) is 71.5 Å². The predicted molar refractivity (Wildman–Crippen MR) is 283 cm³/mol. The van der Waals surface area contributed by atoms with Gasteiger partial charge in [-0.25, -0.2) is 14.4 Å². The lowest BCUT2D eigenvalue weighted by atomic mass is 9.78. The Labute approximate surface area is 412 Å². The third kappa shape index (κ3) is 13.6. The van der Waals surface area contributed by atoms with Crippen molar-refractivity contribution in [1.82, 2.24) is 20.9 Å². The molecular formula is C55H64BClFN9O2. The van der Waals surface area contributed by atoms with Crippen LogP contribution in [-0.4, -0.2) is 74.5 Å². The van der Waals surface area contributed by atoms with Crippen molar-refractivity contribution in [3.8, 4) is 11.8 Å². The number of amides is 2. The van der Waals surface area contributed by atoms with E-state index in [1.807, 2.05) is 80.8 Å². The quantitative estimate of drug-likeness (QED) is 0.0250. The number of rotatable bonds is 20. The van der Waals surface area contributed by atoms with Crippen LogP contribution < -0.4 is 27.4 Å². The van der Waals surface area contributed by atoms with E-state index in [1.54, 1.807) is 11.1 Å². The second kappa shape index (κ2) is 25.2. The molecule has 69 heavy (non-hydrogen) atoms. The number of allylic oxidation sites excluding steroid dienone is 5. The minimum absolute atomic E-state index is 0.0881. The molecule has 1 saturated heterocycles. The summed E-state index contributed by atoms with van der Waals surface area (Å²) < 4.78 is 15.4. The van der Waals surface area contributed by atoms with E-state index in [9.17, 15) is 9.59 Å². The van der Waals surface area contributed by atoms with Gasteiger partial charge in [-0.1, -0.05) is 105 Å². The van der Waals surface area contributed by atoms with Crippen LogP contribution in [-0.2, 0) is 11.3 Å². The zero-order chi connectivity index (χ0) is 48.5. The van der Waals surface area contributed by atoms with Crippen LogP contribution in [0.1, 0.15) is 128 Å². The zero-order valence-corrected chi connectivity index (χ0v) is 40.6. The van der Waals surface area contributed by atoms with Gasteiger partial charge in [0.2, 0.25) is 5.91 Å². The number of nitrogens with one attached hydrogen (secondary N) is 3. The molecule has 7 rings (SSSR count). The summed E-state index contributed by atoms with van der Waals surface area (Å²) in [6.45, 7) is 7.23. The zero-order valence-electron chi connectivity index (χ0n) is 39.8. The first-order chi connectivity index (χ1) is 33.6. The summed E-state index contributed by atoms with van der Waals surface area (Å²) in [7, 11) is 1.92. The van der Waals surface area contributed by atoms with Gasteiger partial charge in [0.15, 0.2) is 0 Å². The molecule has 2 amide bonds. The molecule has 0 spiro atoms. The van der Waals surface area contributed by atoms with Gasteiger partial charge in [-0.15, -0.1) is 0 Å². The number of nitrogens with two attached hydrogens (primary N) is 2. The number of fused-ring (bicyclic) bond motifs is 2. The van der Waals surface area contributed by atoms with Crippen molar-refractivity contribution >= 4 is 60.4 Å². The maximum absolute atomic E-state index is 15.4. The summed E-state index contributed by atoms with van der Waals surface area (Å²) >= 11 is 6.52. The molecule has 0 radical (unpaired) electrons. The third-order valence-electron chi connectivity index (χ3n) is 12.9. The highest BCUT2D eigenvalue weighted by Crippen LogP contribution is 2.34. The maximum Gasteiger partial charge on any atom is 0.255 e. The number of nitrogens with zero attached hydrogens (tertiary/aromatic N) is 4. The van der Waals surface area contributed by atoms with Crippen molar-refractivity contribution in [2.45, 2.75) is 102 Å². The summed E-state index contributed by atoms with van der Waals surface area (Å²) in [5.74, 6) is 6.08. The number of halogens is 2. The number of piperidine rings is 1. The first kappa shape index (κ1) is 50.4. The van der Waals surface area contributed by atoms with E-state index in [0.29, 0.717) is 76.8 Å². The standard InChI is InChI=1S/C55H64BClFN9O2/c1-37-17-26-50(54(68)65-37)67-35-40-30-38(18-24-44(40)55(67)69)14-9-12-28-61-27-10-7-5-3-2-4-6-8-11-29-62-34-49(60)39-19-22-43(23-20-39)66-52-41(32-63-36-59)33-64-53(46-31-42(57)21-25-45(46)52)51-47(56)15-13-16-48(51)58/h15,18-25,30-32,34,36,50,61-62H,1-8,10-13,16-17,26-29,33,35,56,60H2,(H2,59,63)(H,65,68)/b41-32-,49-34-,66-52+. The average Bonchev–Trinajstić information content (AvgIpc) is 3.59. The van der Waals surface area contributed by atoms with Crippen LogP contribution in [0.15, 0.2) is 129 Å². The van der Waals surface area contributed by atoms with Crippen LogP contribution in [0.3, 0.4) is 0 Å². The number of hydrogen-bond acceptors (Lipinski definition) is 8. The summed E-state index contributed by atoms with van der Waals surface area (Å²) in [5, 5.41) is 10.2. The molecule has 3 aromatic carbocycles. The molecule has 0 saturated carbocycles. The number of aliphatic imine (C=N–C) groups is 3. The summed E-state index contributed by atoms with van der Waals surface area (Å²) in [4.78, 5) is 41.3. The smallest absolute Gasteiger partial charge is 0.255 e. The molecule has 7 N–H and O–H groups in total. The van der Waals surface area contributed by atoms with E-state index < -0.39 is 6.04 Å². The molecule has 1 atom stereocenters. The molecule has 4 aliphatic rings. The first-order valence-corrected chi connectivity index (χ1v) is 24.8. The van der Waals surface area contributed by atoms with Crippen LogP contribution >= 0.6 is 11.6 Å². The summed E-state index contributed by atoms with van der Waals surface area (Å²) in [6, 6.07) is 18.6. The SMILES string of the molecule is BC1=CCCC(F)=C1C1=NCC(=C/N=C/N)/C(=N\c2ccc(/C(N)=C/NCCCCCCCCCCCNCCC#Cc3ccc4c(c3)CN(C3CCC(=C)NC3=O)C4=O)cc2)c2ccc(Cl)cc21. The number of carbonyl (C=O) groups excluding carboxylic acids is 2. The largest absolute Gasteiger partial charge is 0.397 e. The number of hydrogen-bond donors (Lipinski definition) is 5. The predicted octanol–water partition coefficient (Wildman–Crippen LogP) is 8.81. The highest BCUT2D eigenvalue weighted by atomic mass is 35.5. The van der Waals surface area contributed by atoms with Crippen molar-refractivity contribution in [2.75, 3.05) is 26.2 Å². The molecular weight excluding hydrogens is 884 g/mol. The third-order valence-corrected chi connectivity index (χ3v) is 13.1. The van der Waals surface area contributed by atoms with E-state index in [4.69, 9.17) is 33.1 Å². The normalized spacial score (nSPS) is 18.5. The van der Waals surface area contributed by atoms with Gasteiger partial charge in [0, 0.05) is 89.0 Å². The molecule has 1 fully saturated rings. The lowest BCUT2D eigenvalue weighted by Gasteiger charge is -2.30. The summed E-state index contributed by atoms with van der Waals surface area (Å²) in [5.41, 5.74) is 22.4. The fourth-order valence-electron chi connectivity index (χ4n) is 9.18. The minimum Gasteiger partial charge on any atom is -0.397 e. The Bertz CT molecular complexity index is 2670. The molecule has 358 valence electrons. The number of carbonyl (C=O) groups is 2. The van der Waals surface area contributed by atoms with Gasteiger partial charge in [0.05, 0.1) is 35.7 Å². The van der Waals surface area contributed by atoms with E-state index in [2.05, 4.69) is 39.4 Å². The maximum atomic E-state index is 15.4. The monoisotopic (exact) mass is 947 g/mol. The topological polar surface area (TPSA) is 163 Å². The fourth-order valence-corrected chi connectivity index (χ4v) is 9.35.